The summed E-state index contributed by atoms with van der Waals surface area (Å²) in [4.78, 5) is 4.24. The minimum absolute atomic E-state index is 0.627. The lowest BCUT2D eigenvalue weighted by molar-refractivity contribution is 0.678. The molecule has 1 N–H and O–H groups in total. The van der Waals surface area contributed by atoms with Crippen LogP contribution in [0.25, 0.3) is 0 Å². The molecule has 0 fully saturated rings. The number of hydrogen-bond acceptors (Lipinski definition) is 3. The molecule has 1 heterocycles. The van der Waals surface area contributed by atoms with Crippen molar-refractivity contribution in [3.8, 4) is 6.07 Å². The Kier molecular flexibility index (Phi) is 4.08. The van der Waals surface area contributed by atoms with Gasteiger partial charge in [-0.15, -0.1) is 0 Å². The van der Waals surface area contributed by atoms with Gasteiger partial charge in [0.25, 0.3) is 0 Å². The fourth-order valence-electron chi connectivity index (χ4n) is 1.67. The quantitative estimate of drug-likeness (QED) is 0.906. The van der Waals surface area contributed by atoms with Crippen LogP contribution in [0.1, 0.15) is 12.6 Å². The van der Waals surface area contributed by atoms with E-state index in [4.69, 9.17) is 11.6 Å². The first-order valence-electron chi connectivity index (χ1n) is 5.61. The van der Waals surface area contributed by atoms with Crippen LogP contribution in [0.5, 0.6) is 0 Å². The molecule has 1 aromatic carbocycles. The summed E-state index contributed by atoms with van der Waals surface area (Å²) in [5, 5.41) is 13.2. The highest BCUT2D eigenvalue weighted by molar-refractivity contribution is 9.10. The van der Waals surface area contributed by atoms with E-state index in [1.54, 1.807) is 19.2 Å². The van der Waals surface area contributed by atoms with E-state index in [1.807, 2.05) is 30.3 Å². The van der Waals surface area contributed by atoms with E-state index in [0.29, 0.717) is 10.7 Å². The zero-order valence-corrected chi connectivity index (χ0v) is 12.5. The van der Waals surface area contributed by atoms with Crippen molar-refractivity contribution in [2.24, 2.45) is 0 Å². The molecule has 1 atom stereocenters. The zero-order valence-electron chi connectivity index (χ0n) is 10.2. The molecular weight excluding hydrogens is 326 g/mol. The Balaban J connectivity index is 2.34. The predicted molar refractivity (Wildman–Crippen MR) is 80.0 cm³/mol. The van der Waals surface area contributed by atoms with E-state index < -0.39 is 5.54 Å². The minimum atomic E-state index is -0.894. The average molecular weight is 337 g/mol. The summed E-state index contributed by atoms with van der Waals surface area (Å²) in [7, 11) is 0. The van der Waals surface area contributed by atoms with Crippen LogP contribution in [0.3, 0.4) is 0 Å². The maximum Gasteiger partial charge on any atom is 0.165 e. The van der Waals surface area contributed by atoms with E-state index in [9.17, 15) is 5.26 Å². The molecule has 0 radical (unpaired) electrons. The molecule has 96 valence electrons. The van der Waals surface area contributed by atoms with Gasteiger partial charge in [0.2, 0.25) is 0 Å². The maximum atomic E-state index is 9.43. The lowest BCUT2D eigenvalue weighted by atomic mass is 9.98. The van der Waals surface area contributed by atoms with Crippen LogP contribution in [0, 0.1) is 11.3 Å². The zero-order chi connectivity index (χ0) is 13.9. The highest BCUT2D eigenvalue weighted by Crippen LogP contribution is 2.29. The first-order valence-corrected chi connectivity index (χ1v) is 6.78. The van der Waals surface area contributed by atoms with Crippen LogP contribution in [-0.2, 0) is 5.54 Å². The number of anilines is 1. The second-order valence-corrected chi connectivity index (χ2v) is 5.47. The van der Waals surface area contributed by atoms with Gasteiger partial charge in [-0.2, -0.15) is 5.26 Å². The Morgan fingerprint density at radius 2 is 2.16 bits per heavy atom. The van der Waals surface area contributed by atoms with E-state index >= 15 is 0 Å². The van der Waals surface area contributed by atoms with Crippen LogP contribution in [0.4, 0.5) is 5.69 Å². The molecule has 5 heteroatoms. The number of benzene rings is 1. The van der Waals surface area contributed by atoms with Gasteiger partial charge in [0.1, 0.15) is 0 Å². The standard InChI is InChI=1S/C14H11BrClN3/c1-14(9-17,13-4-2-3-7-18-13)19-10-5-6-12(16)11(15)8-10/h2-8,19H,1H3. The fraction of sp³-hybridized carbons (Fsp3) is 0.143. The van der Waals surface area contributed by atoms with E-state index in [1.165, 1.54) is 0 Å². The topological polar surface area (TPSA) is 48.7 Å². The van der Waals surface area contributed by atoms with Gasteiger partial charge >= 0.3 is 0 Å². The lowest BCUT2D eigenvalue weighted by Gasteiger charge is -2.24. The van der Waals surface area contributed by atoms with Crippen LogP contribution in [0.2, 0.25) is 5.02 Å². The van der Waals surface area contributed by atoms with Crippen molar-refractivity contribution in [2.75, 3.05) is 5.32 Å². The summed E-state index contributed by atoms with van der Waals surface area (Å²) in [5.74, 6) is 0. The van der Waals surface area contributed by atoms with Crippen molar-refractivity contribution >= 4 is 33.2 Å². The highest BCUT2D eigenvalue weighted by Gasteiger charge is 2.27. The van der Waals surface area contributed by atoms with Crippen molar-refractivity contribution in [1.82, 2.24) is 4.98 Å². The van der Waals surface area contributed by atoms with Crippen molar-refractivity contribution in [1.29, 1.82) is 5.26 Å². The average Bonchev–Trinajstić information content (AvgIpc) is 2.44. The second kappa shape index (κ2) is 5.60. The lowest BCUT2D eigenvalue weighted by Crippen LogP contribution is -2.31. The summed E-state index contributed by atoms with van der Waals surface area (Å²) in [5.41, 5.74) is 0.573. The van der Waals surface area contributed by atoms with Crippen molar-refractivity contribution in [3.63, 3.8) is 0 Å². The molecule has 1 unspecified atom stereocenters. The van der Waals surface area contributed by atoms with Crippen molar-refractivity contribution < 1.29 is 0 Å². The Bertz CT molecular complexity index is 624. The molecule has 0 amide bonds. The van der Waals surface area contributed by atoms with Crippen molar-refractivity contribution in [3.05, 3.63) is 57.8 Å². The van der Waals surface area contributed by atoms with Gasteiger partial charge in [0.05, 0.1) is 16.8 Å². The Morgan fingerprint density at radius 1 is 1.37 bits per heavy atom. The maximum absolute atomic E-state index is 9.43. The number of nitrogens with zero attached hydrogens (tertiary/aromatic N) is 2. The van der Waals surface area contributed by atoms with Gasteiger partial charge < -0.3 is 5.32 Å². The highest BCUT2D eigenvalue weighted by atomic mass is 79.9. The van der Waals surface area contributed by atoms with Gasteiger partial charge in [0, 0.05) is 16.4 Å². The summed E-state index contributed by atoms with van der Waals surface area (Å²) < 4.78 is 0.778. The second-order valence-electron chi connectivity index (χ2n) is 4.21. The molecule has 0 saturated carbocycles. The molecule has 19 heavy (non-hydrogen) atoms. The Morgan fingerprint density at radius 3 is 2.74 bits per heavy atom. The molecule has 0 aliphatic rings. The van der Waals surface area contributed by atoms with E-state index in [2.05, 4.69) is 32.3 Å². The molecule has 1 aromatic heterocycles. The van der Waals surface area contributed by atoms with Crippen molar-refractivity contribution in [2.45, 2.75) is 12.5 Å². The number of aromatic nitrogens is 1. The molecule has 0 aliphatic carbocycles. The summed E-state index contributed by atoms with van der Waals surface area (Å²) >= 11 is 9.31. The molecule has 0 bridgehead atoms. The van der Waals surface area contributed by atoms with E-state index in [0.717, 1.165) is 10.2 Å². The van der Waals surface area contributed by atoms with Gasteiger partial charge in [-0.25, -0.2) is 0 Å². The normalized spacial score (nSPS) is 13.4. The molecule has 3 nitrogen and oxygen atoms in total. The smallest absolute Gasteiger partial charge is 0.165 e. The molecule has 0 aliphatic heterocycles. The molecule has 2 aromatic rings. The number of hydrogen-bond donors (Lipinski definition) is 1. The third kappa shape index (κ3) is 3.06. The van der Waals surface area contributed by atoms with Crippen LogP contribution < -0.4 is 5.32 Å². The van der Waals surface area contributed by atoms with Gasteiger partial charge in [0.15, 0.2) is 5.54 Å². The molecule has 2 rings (SSSR count). The Hall–Kier alpha value is -1.57. The summed E-state index contributed by atoms with van der Waals surface area (Å²) in [6.07, 6.45) is 1.67. The largest absolute Gasteiger partial charge is 0.363 e. The fourth-order valence-corrected chi connectivity index (χ4v) is 2.17. The minimum Gasteiger partial charge on any atom is -0.363 e. The van der Waals surface area contributed by atoms with Gasteiger partial charge in [-0.05, 0) is 53.2 Å². The van der Waals surface area contributed by atoms with Gasteiger partial charge in [-0.3, -0.25) is 4.98 Å². The molecular formula is C14H11BrClN3. The summed E-state index contributed by atoms with van der Waals surface area (Å²) in [6, 6.07) is 13.2. The first-order chi connectivity index (χ1) is 9.05. The Labute approximate surface area is 125 Å². The molecule has 0 saturated heterocycles. The number of nitrogens with one attached hydrogen (secondary N) is 1. The van der Waals surface area contributed by atoms with Gasteiger partial charge in [-0.1, -0.05) is 17.7 Å². The number of pyridine rings is 1. The van der Waals surface area contributed by atoms with Crippen LogP contribution >= 0.6 is 27.5 Å². The van der Waals surface area contributed by atoms with E-state index in [-0.39, 0.29) is 0 Å². The summed E-state index contributed by atoms with van der Waals surface area (Å²) in [6.45, 7) is 1.79. The first kappa shape index (κ1) is 13.9. The third-order valence-electron chi connectivity index (χ3n) is 2.71. The van der Waals surface area contributed by atoms with Crippen LogP contribution in [0.15, 0.2) is 47.1 Å². The number of nitriles is 1. The van der Waals surface area contributed by atoms with Crippen LogP contribution in [-0.4, -0.2) is 4.98 Å². The SMILES string of the molecule is CC(C#N)(Nc1ccc(Cl)c(Br)c1)c1ccccn1. The third-order valence-corrected chi connectivity index (χ3v) is 3.93. The number of rotatable bonds is 3. The number of halogens is 2. The predicted octanol–water partition coefficient (Wildman–Crippen LogP) is 4.35. The molecule has 0 spiro atoms. The monoisotopic (exact) mass is 335 g/mol.